The number of amides is 1. The summed E-state index contributed by atoms with van der Waals surface area (Å²) in [6.45, 7) is 2.14. The predicted octanol–water partition coefficient (Wildman–Crippen LogP) is 1.87. The van der Waals surface area contributed by atoms with Crippen LogP contribution < -0.4 is 14.9 Å². The first kappa shape index (κ1) is 13.6. The predicted molar refractivity (Wildman–Crippen MR) is 78.9 cm³/mol. The highest BCUT2D eigenvalue weighted by atomic mass is 32.1. The third kappa shape index (κ3) is 3.38. The van der Waals surface area contributed by atoms with Crippen LogP contribution in [0.5, 0.6) is 11.5 Å². The average Bonchev–Trinajstić information content (AvgIpc) is 3.07. The molecule has 0 unspecified atom stereocenters. The van der Waals surface area contributed by atoms with Crippen molar-refractivity contribution in [2.75, 3.05) is 6.79 Å². The third-order valence-electron chi connectivity index (χ3n) is 2.81. The Morgan fingerprint density at radius 2 is 2.33 bits per heavy atom. The maximum absolute atomic E-state index is 11.7. The van der Waals surface area contributed by atoms with Crippen LogP contribution in [0.15, 0.2) is 28.7 Å². The molecule has 0 aliphatic carbocycles. The summed E-state index contributed by atoms with van der Waals surface area (Å²) in [5.74, 6) is 1.20. The van der Waals surface area contributed by atoms with Crippen LogP contribution in [0.25, 0.3) is 0 Å². The second kappa shape index (κ2) is 5.92. The molecule has 0 saturated carbocycles. The van der Waals surface area contributed by atoms with E-state index in [1.165, 1.54) is 11.3 Å². The lowest BCUT2D eigenvalue weighted by atomic mass is 10.2. The Morgan fingerprint density at radius 3 is 3.14 bits per heavy atom. The summed E-state index contributed by atoms with van der Waals surface area (Å²) in [6.07, 6.45) is 1.79. The zero-order valence-corrected chi connectivity index (χ0v) is 12.1. The van der Waals surface area contributed by atoms with Crippen molar-refractivity contribution in [3.05, 3.63) is 39.8 Å². The molecule has 7 heteroatoms. The topological polar surface area (TPSA) is 72.8 Å². The Balaban J connectivity index is 1.55. The number of nitrogens with zero attached hydrogens (tertiary/aromatic N) is 2. The minimum Gasteiger partial charge on any atom is -0.454 e. The van der Waals surface area contributed by atoms with E-state index in [9.17, 15) is 4.79 Å². The van der Waals surface area contributed by atoms with Gasteiger partial charge in [0.1, 0.15) is 0 Å². The summed E-state index contributed by atoms with van der Waals surface area (Å²) in [5, 5.41) is 6.74. The van der Waals surface area contributed by atoms with Gasteiger partial charge < -0.3 is 9.47 Å². The maximum atomic E-state index is 11.7. The van der Waals surface area contributed by atoms with Crippen LogP contribution >= 0.6 is 11.3 Å². The Morgan fingerprint density at radius 1 is 1.48 bits per heavy atom. The van der Waals surface area contributed by atoms with E-state index >= 15 is 0 Å². The summed E-state index contributed by atoms with van der Waals surface area (Å²) >= 11 is 1.52. The third-order valence-corrected chi connectivity index (χ3v) is 3.63. The number of aromatic nitrogens is 1. The van der Waals surface area contributed by atoms with E-state index in [1.807, 2.05) is 30.5 Å². The summed E-state index contributed by atoms with van der Waals surface area (Å²) in [6, 6.07) is 5.46. The van der Waals surface area contributed by atoms with Gasteiger partial charge in [0, 0.05) is 5.38 Å². The van der Waals surface area contributed by atoms with Crippen molar-refractivity contribution in [1.82, 2.24) is 10.4 Å². The second-order valence-electron chi connectivity index (χ2n) is 4.44. The Labute approximate surface area is 125 Å². The second-order valence-corrected chi connectivity index (χ2v) is 5.50. The number of carbonyl (C=O) groups is 1. The van der Waals surface area contributed by atoms with E-state index in [4.69, 9.17) is 9.47 Å². The smallest absolute Gasteiger partial charge is 0.246 e. The molecule has 0 spiro atoms. The van der Waals surface area contributed by atoms with Crippen molar-refractivity contribution in [3.8, 4) is 11.5 Å². The molecule has 108 valence electrons. The minimum absolute atomic E-state index is 0.197. The fraction of sp³-hybridized carbons (Fsp3) is 0.214. The Hall–Kier alpha value is -2.41. The normalized spacial score (nSPS) is 12.8. The number of carbonyl (C=O) groups excluding carboxylic acids is 1. The molecule has 1 aromatic carbocycles. The van der Waals surface area contributed by atoms with Gasteiger partial charge in [0.25, 0.3) is 0 Å². The highest BCUT2D eigenvalue weighted by Gasteiger charge is 2.12. The van der Waals surface area contributed by atoms with Gasteiger partial charge >= 0.3 is 0 Å². The van der Waals surface area contributed by atoms with Gasteiger partial charge in [0.05, 0.1) is 23.3 Å². The van der Waals surface area contributed by atoms with Gasteiger partial charge in [-0.25, -0.2) is 10.4 Å². The summed E-state index contributed by atoms with van der Waals surface area (Å²) in [5.41, 5.74) is 4.06. The zero-order valence-electron chi connectivity index (χ0n) is 11.3. The van der Waals surface area contributed by atoms with E-state index in [-0.39, 0.29) is 19.1 Å². The standard InChI is InChI=1S/C14H13N3O3S/c1-9-16-11(7-21-9)5-14(18)17-15-6-10-2-3-12-13(4-10)20-8-19-12/h2-4,6-7H,5,8H2,1H3,(H,17,18). The highest BCUT2D eigenvalue weighted by molar-refractivity contribution is 7.09. The van der Waals surface area contributed by atoms with E-state index < -0.39 is 0 Å². The van der Waals surface area contributed by atoms with Crippen molar-refractivity contribution < 1.29 is 14.3 Å². The van der Waals surface area contributed by atoms with E-state index in [1.54, 1.807) is 6.21 Å². The van der Waals surface area contributed by atoms with Gasteiger partial charge in [-0.05, 0) is 30.7 Å². The molecule has 0 fully saturated rings. The first-order valence-corrected chi connectivity index (χ1v) is 7.21. The van der Waals surface area contributed by atoms with E-state index in [2.05, 4.69) is 15.5 Å². The maximum Gasteiger partial charge on any atom is 0.246 e. The number of thiazole rings is 1. The van der Waals surface area contributed by atoms with Crippen LogP contribution in [0.1, 0.15) is 16.3 Å². The van der Waals surface area contributed by atoms with Crippen molar-refractivity contribution in [2.45, 2.75) is 13.3 Å². The van der Waals surface area contributed by atoms with E-state index in [0.717, 1.165) is 22.0 Å². The van der Waals surface area contributed by atoms with Gasteiger partial charge in [0.2, 0.25) is 12.7 Å². The van der Waals surface area contributed by atoms with Crippen LogP contribution in [0, 0.1) is 6.92 Å². The van der Waals surface area contributed by atoms with Gasteiger partial charge in [-0.15, -0.1) is 11.3 Å². The molecule has 3 rings (SSSR count). The molecule has 1 N–H and O–H groups in total. The molecule has 1 aliphatic rings. The number of ether oxygens (including phenoxy) is 2. The van der Waals surface area contributed by atoms with Crippen molar-refractivity contribution in [2.24, 2.45) is 5.10 Å². The van der Waals surface area contributed by atoms with Crippen LogP contribution in [0.4, 0.5) is 0 Å². The van der Waals surface area contributed by atoms with Crippen LogP contribution in [-0.4, -0.2) is 23.9 Å². The number of hydrogen-bond acceptors (Lipinski definition) is 6. The quantitative estimate of drug-likeness (QED) is 0.691. The SMILES string of the molecule is Cc1nc(CC(=O)NN=Cc2ccc3c(c2)OCO3)cs1. The molecule has 2 aromatic rings. The van der Waals surface area contributed by atoms with E-state index in [0.29, 0.717) is 5.75 Å². The molecule has 0 saturated heterocycles. The number of aryl methyl sites for hydroxylation is 1. The molecule has 1 amide bonds. The van der Waals surface area contributed by atoms with Crippen molar-refractivity contribution >= 4 is 23.5 Å². The number of nitrogens with one attached hydrogen (secondary N) is 1. The molecule has 0 bridgehead atoms. The molecule has 2 heterocycles. The number of benzene rings is 1. The average molecular weight is 303 g/mol. The molecular weight excluding hydrogens is 290 g/mol. The fourth-order valence-corrected chi connectivity index (χ4v) is 2.48. The van der Waals surface area contributed by atoms with Crippen LogP contribution in [-0.2, 0) is 11.2 Å². The molecular formula is C14H13N3O3S. The van der Waals surface area contributed by atoms with Crippen LogP contribution in [0.2, 0.25) is 0 Å². The molecule has 0 radical (unpaired) electrons. The Bertz CT molecular complexity index is 697. The summed E-state index contributed by atoms with van der Waals surface area (Å²) < 4.78 is 10.5. The minimum atomic E-state index is -0.197. The first-order chi connectivity index (χ1) is 10.2. The van der Waals surface area contributed by atoms with Crippen molar-refractivity contribution in [1.29, 1.82) is 0 Å². The molecule has 21 heavy (non-hydrogen) atoms. The molecule has 1 aromatic heterocycles. The lowest BCUT2D eigenvalue weighted by molar-refractivity contribution is -0.120. The number of hydrogen-bond donors (Lipinski definition) is 1. The zero-order chi connectivity index (χ0) is 14.7. The van der Waals surface area contributed by atoms with Gasteiger partial charge in [-0.1, -0.05) is 0 Å². The largest absolute Gasteiger partial charge is 0.454 e. The summed E-state index contributed by atoms with van der Waals surface area (Å²) in [7, 11) is 0. The number of rotatable bonds is 4. The lowest BCUT2D eigenvalue weighted by Crippen LogP contribution is -2.19. The molecule has 1 aliphatic heterocycles. The highest BCUT2D eigenvalue weighted by Crippen LogP contribution is 2.31. The van der Waals surface area contributed by atoms with Gasteiger partial charge in [-0.2, -0.15) is 5.10 Å². The lowest BCUT2D eigenvalue weighted by Gasteiger charge is -1.98. The van der Waals surface area contributed by atoms with Crippen molar-refractivity contribution in [3.63, 3.8) is 0 Å². The van der Waals surface area contributed by atoms with Gasteiger partial charge in [-0.3, -0.25) is 4.79 Å². The molecule has 6 nitrogen and oxygen atoms in total. The number of fused-ring (bicyclic) bond motifs is 1. The van der Waals surface area contributed by atoms with Gasteiger partial charge in [0.15, 0.2) is 11.5 Å². The molecule has 0 atom stereocenters. The fourth-order valence-electron chi connectivity index (χ4n) is 1.87. The Kier molecular flexibility index (Phi) is 3.83. The first-order valence-electron chi connectivity index (χ1n) is 6.33. The number of hydrazone groups is 1. The van der Waals surface area contributed by atoms with Crippen LogP contribution in [0.3, 0.4) is 0 Å². The monoisotopic (exact) mass is 303 g/mol. The summed E-state index contributed by atoms with van der Waals surface area (Å²) in [4.78, 5) is 15.9.